The second-order valence-electron chi connectivity index (χ2n) is 5.57. The number of morpholine rings is 1. The minimum absolute atomic E-state index is 0.0230. The standard InChI is InChI=1S/C17H25N3O4/c1-23-10-9-18-7-8-19-17(22)15-12-24-13-16(21)20(15)11-14-5-3-2-4-6-14/h2-6,15,18H,7-13H2,1H3,(H,19,22)/t15-/m1/s1. The maximum absolute atomic E-state index is 12.4. The fourth-order valence-electron chi connectivity index (χ4n) is 2.49. The van der Waals surface area contributed by atoms with Crippen molar-refractivity contribution in [2.45, 2.75) is 12.6 Å². The first-order valence-electron chi connectivity index (χ1n) is 8.11. The van der Waals surface area contributed by atoms with Gasteiger partial charge < -0.3 is 25.0 Å². The fourth-order valence-corrected chi connectivity index (χ4v) is 2.49. The molecule has 132 valence electrons. The number of nitrogens with one attached hydrogen (secondary N) is 2. The summed E-state index contributed by atoms with van der Waals surface area (Å²) in [6, 6.07) is 9.05. The summed E-state index contributed by atoms with van der Waals surface area (Å²) in [4.78, 5) is 26.1. The van der Waals surface area contributed by atoms with Crippen molar-refractivity contribution < 1.29 is 19.1 Å². The van der Waals surface area contributed by atoms with Gasteiger partial charge in [-0.25, -0.2) is 0 Å². The molecule has 1 saturated heterocycles. The molecule has 0 saturated carbocycles. The van der Waals surface area contributed by atoms with Crippen LogP contribution in [-0.2, 0) is 25.6 Å². The lowest BCUT2D eigenvalue weighted by atomic mass is 10.1. The largest absolute Gasteiger partial charge is 0.383 e. The van der Waals surface area contributed by atoms with E-state index in [-0.39, 0.29) is 25.0 Å². The average molecular weight is 335 g/mol. The summed E-state index contributed by atoms with van der Waals surface area (Å²) >= 11 is 0. The van der Waals surface area contributed by atoms with E-state index in [1.54, 1.807) is 12.0 Å². The van der Waals surface area contributed by atoms with Gasteiger partial charge in [0.25, 0.3) is 0 Å². The predicted molar refractivity (Wildman–Crippen MR) is 89.4 cm³/mol. The van der Waals surface area contributed by atoms with Gasteiger partial charge in [-0.05, 0) is 5.56 Å². The molecule has 2 amide bonds. The molecule has 1 heterocycles. The van der Waals surface area contributed by atoms with Crippen LogP contribution in [0.4, 0.5) is 0 Å². The third kappa shape index (κ3) is 5.59. The summed E-state index contributed by atoms with van der Waals surface area (Å²) in [5.41, 5.74) is 0.992. The summed E-state index contributed by atoms with van der Waals surface area (Å²) in [5.74, 6) is -0.351. The number of hydrogen-bond acceptors (Lipinski definition) is 5. The molecular weight excluding hydrogens is 310 g/mol. The lowest BCUT2D eigenvalue weighted by Crippen LogP contribution is -2.56. The van der Waals surface area contributed by atoms with E-state index in [4.69, 9.17) is 9.47 Å². The van der Waals surface area contributed by atoms with E-state index in [1.165, 1.54) is 0 Å². The van der Waals surface area contributed by atoms with Crippen LogP contribution in [0, 0.1) is 0 Å². The molecule has 7 nitrogen and oxygen atoms in total. The summed E-state index contributed by atoms with van der Waals surface area (Å²) < 4.78 is 10.2. The monoisotopic (exact) mass is 335 g/mol. The molecule has 0 radical (unpaired) electrons. The number of carbonyl (C=O) groups excluding carboxylic acids is 2. The maximum Gasteiger partial charge on any atom is 0.249 e. The highest BCUT2D eigenvalue weighted by molar-refractivity contribution is 5.89. The van der Waals surface area contributed by atoms with E-state index in [9.17, 15) is 9.59 Å². The molecule has 1 aromatic carbocycles. The molecule has 2 rings (SSSR count). The summed E-state index contributed by atoms with van der Waals surface area (Å²) in [5, 5.41) is 6.00. The first-order chi connectivity index (χ1) is 11.7. The molecule has 1 fully saturated rings. The van der Waals surface area contributed by atoms with Crippen molar-refractivity contribution in [1.82, 2.24) is 15.5 Å². The normalized spacial score (nSPS) is 17.8. The first-order valence-corrected chi connectivity index (χ1v) is 8.11. The Morgan fingerprint density at radius 1 is 1.29 bits per heavy atom. The van der Waals surface area contributed by atoms with Gasteiger partial charge in [0.2, 0.25) is 11.8 Å². The predicted octanol–water partition coefficient (Wildman–Crippen LogP) is -0.234. The van der Waals surface area contributed by atoms with Crippen LogP contribution in [0.25, 0.3) is 0 Å². The molecule has 0 unspecified atom stereocenters. The van der Waals surface area contributed by atoms with Gasteiger partial charge in [0.15, 0.2) is 0 Å². The number of nitrogens with zero attached hydrogens (tertiary/aromatic N) is 1. The highest BCUT2D eigenvalue weighted by Crippen LogP contribution is 2.13. The molecular formula is C17H25N3O4. The van der Waals surface area contributed by atoms with Crippen molar-refractivity contribution in [3.63, 3.8) is 0 Å². The van der Waals surface area contributed by atoms with Crippen LogP contribution in [0.3, 0.4) is 0 Å². The van der Waals surface area contributed by atoms with Crippen molar-refractivity contribution >= 4 is 11.8 Å². The van der Waals surface area contributed by atoms with Gasteiger partial charge in [-0.1, -0.05) is 30.3 Å². The van der Waals surface area contributed by atoms with Crippen LogP contribution in [-0.4, -0.2) is 69.3 Å². The minimum Gasteiger partial charge on any atom is -0.383 e. The Morgan fingerprint density at radius 2 is 2.08 bits per heavy atom. The second-order valence-corrected chi connectivity index (χ2v) is 5.57. The number of methoxy groups -OCH3 is 1. The van der Waals surface area contributed by atoms with Crippen LogP contribution in [0.15, 0.2) is 30.3 Å². The molecule has 1 aliphatic heterocycles. The Labute approximate surface area is 142 Å². The zero-order valence-electron chi connectivity index (χ0n) is 14.0. The number of ether oxygens (including phenoxy) is 2. The van der Waals surface area contributed by atoms with E-state index in [0.29, 0.717) is 26.2 Å². The van der Waals surface area contributed by atoms with Gasteiger partial charge in [0, 0.05) is 33.3 Å². The van der Waals surface area contributed by atoms with Crippen molar-refractivity contribution in [1.29, 1.82) is 0 Å². The zero-order chi connectivity index (χ0) is 17.2. The van der Waals surface area contributed by atoms with Crippen LogP contribution >= 0.6 is 0 Å². The topological polar surface area (TPSA) is 79.9 Å². The fraction of sp³-hybridized carbons (Fsp3) is 0.529. The third-order valence-corrected chi connectivity index (χ3v) is 3.78. The van der Waals surface area contributed by atoms with Crippen LogP contribution in [0.1, 0.15) is 5.56 Å². The molecule has 7 heteroatoms. The highest BCUT2D eigenvalue weighted by atomic mass is 16.5. The summed E-state index contributed by atoms with van der Waals surface area (Å²) in [6.45, 7) is 3.16. The van der Waals surface area contributed by atoms with Gasteiger partial charge in [-0.15, -0.1) is 0 Å². The van der Waals surface area contributed by atoms with E-state index in [2.05, 4.69) is 10.6 Å². The highest BCUT2D eigenvalue weighted by Gasteiger charge is 2.33. The summed E-state index contributed by atoms with van der Waals surface area (Å²) in [7, 11) is 1.64. The molecule has 0 aliphatic carbocycles. The average Bonchev–Trinajstić information content (AvgIpc) is 2.60. The molecule has 2 N–H and O–H groups in total. The minimum atomic E-state index is -0.592. The Kier molecular flexibility index (Phi) is 7.67. The van der Waals surface area contributed by atoms with Crippen molar-refractivity contribution in [2.75, 3.05) is 46.6 Å². The molecule has 1 atom stereocenters. The molecule has 24 heavy (non-hydrogen) atoms. The maximum atomic E-state index is 12.4. The Morgan fingerprint density at radius 3 is 2.83 bits per heavy atom. The second kappa shape index (κ2) is 10.0. The smallest absolute Gasteiger partial charge is 0.249 e. The van der Waals surface area contributed by atoms with Crippen LogP contribution < -0.4 is 10.6 Å². The van der Waals surface area contributed by atoms with Crippen molar-refractivity contribution in [3.8, 4) is 0 Å². The Hall–Kier alpha value is -1.96. The molecule has 1 aliphatic rings. The van der Waals surface area contributed by atoms with E-state index >= 15 is 0 Å². The first kappa shape index (κ1) is 18.4. The SMILES string of the molecule is COCCNCCNC(=O)[C@H]1COCC(=O)N1Cc1ccccc1. The lowest BCUT2D eigenvalue weighted by Gasteiger charge is -2.34. The van der Waals surface area contributed by atoms with Gasteiger partial charge in [-0.2, -0.15) is 0 Å². The van der Waals surface area contributed by atoms with Crippen molar-refractivity contribution in [2.24, 2.45) is 0 Å². The molecule has 0 bridgehead atoms. The van der Waals surface area contributed by atoms with Gasteiger partial charge in [-0.3, -0.25) is 9.59 Å². The van der Waals surface area contributed by atoms with Crippen LogP contribution in [0.2, 0.25) is 0 Å². The molecule has 0 spiro atoms. The van der Waals surface area contributed by atoms with Gasteiger partial charge >= 0.3 is 0 Å². The number of benzene rings is 1. The quantitative estimate of drug-likeness (QED) is 0.609. The molecule has 1 aromatic rings. The van der Waals surface area contributed by atoms with E-state index in [1.807, 2.05) is 30.3 Å². The van der Waals surface area contributed by atoms with E-state index in [0.717, 1.165) is 12.1 Å². The number of rotatable bonds is 9. The third-order valence-electron chi connectivity index (χ3n) is 3.78. The Bertz CT molecular complexity index is 524. The van der Waals surface area contributed by atoms with Crippen LogP contribution in [0.5, 0.6) is 0 Å². The number of hydrogen-bond donors (Lipinski definition) is 2. The Balaban J connectivity index is 1.85. The number of amides is 2. The molecule has 0 aromatic heterocycles. The van der Waals surface area contributed by atoms with Gasteiger partial charge in [0.05, 0.1) is 13.2 Å². The van der Waals surface area contributed by atoms with Crippen molar-refractivity contribution in [3.05, 3.63) is 35.9 Å². The lowest BCUT2D eigenvalue weighted by molar-refractivity contribution is -0.155. The zero-order valence-corrected chi connectivity index (χ0v) is 14.0. The van der Waals surface area contributed by atoms with E-state index < -0.39 is 6.04 Å². The summed E-state index contributed by atoms with van der Waals surface area (Å²) in [6.07, 6.45) is 0. The van der Waals surface area contributed by atoms with Gasteiger partial charge in [0.1, 0.15) is 12.6 Å². The number of carbonyl (C=O) groups is 2.